The Morgan fingerprint density at radius 1 is 1.00 bits per heavy atom. The van der Waals surface area contributed by atoms with Gasteiger partial charge in [-0.2, -0.15) is 0 Å². The summed E-state index contributed by atoms with van der Waals surface area (Å²) in [6, 6.07) is 0. The summed E-state index contributed by atoms with van der Waals surface area (Å²) in [5, 5.41) is 0. The van der Waals surface area contributed by atoms with Gasteiger partial charge in [-0.05, 0) is 57.3 Å². The van der Waals surface area contributed by atoms with Crippen molar-refractivity contribution in [1.82, 2.24) is 0 Å². The molecule has 2 aliphatic rings. The van der Waals surface area contributed by atoms with E-state index in [-0.39, 0.29) is 12.0 Å². The lowest BCUT2D eigenvalue weighted by Gasteiger charge is -2.34. The number of hydrogen-bond acceptors (Lipinski definition) is 2. The van der Waals surface area contributed by atoms with Crippen molar-refractivity contribution in [1.29, 1.82) is 0 Å². The van der Waals surface area contributed by atoms with Crippen molar-refractivity contribution in [2.24, 2.45) is 17.8 Å². The van der Waals surface area contributed by atoms with Gasteiger partial charge in [0, 0.05) is 12.5 Å². The Labute approximate surface area is 124 Å². The second-order valence-electron chi connectivity index (χ2n) is 6.80. The molecule has 0 amide bonds. The minimum absolute atomic E-state index is 0.0940. The predicted octanol–water partition coefficient (Wildman–Crippen LogP) is 4.76. The molecule has 0 spiro atoms. The molecule has 2 nitrogen and oxygen atoms in total. The number of ketones is 1. The molecule has 2 fully saturated rings. The third-order valence-corrected chi connectivity index (χ3v) is 5.53. The average Bonchev–Trinajstić information content (AvgIpc) is 2.53. The summed E-state index contributed by atoms with van der Waals surface area (Å²) < 4.78 is 5.90. The molecule has 1 atom stereocenters. The molecule has 0 bridgehead atoms. The van der Waals surface area contributed by atoms with E-state index in [0.717, 1.165) is 18.8 Å². The van der Waals surface area contributed by atoms with Gasteiger partial charge in [-0.25, -0.2) is 0 Å². The summed E-state index contributed by atoms with van der Waals surface area (Å²) in [5.74, 6) is 2.09. The number of carbonyl (C=O) groups excluding carboxylic acids is 1. The van der Waals surface area contributed by atoms with Crippen molar-refractivity contribution < 1.29 is 9.53 Å². The topological polar surface area (TPSA) is 26.3 Å². The van der Waals surface area contributed by atoms with Crippen LogP contribution in [0.15, 0.2) is 0 Å². The minimum atomic E-state index is -0.0940. The summed E-state index contributed by atoms with van der Waals surface area (Å²) in [5.41, 5.74) is 0. The summed E-state index contributed by atoms with van der Waals surface area (Å²) in [7, 11) is 0. The molecule has 0 aromatic rings. The fraction of sp³-hybridized carbons (Fsp3) is 0.944. The molecule has 0 saturated heterocycles. The zero-order chi connectivity index (χ0) is 14.4. The molecule has 116 valence electrons. The quantitative estimate of drug-likeness (QED) is 0.701. The third kappa shape index (κ3) is 4.07. The molecular formula is C18H32O2. The van der Waals surface area contributed by atoms with E-state index in [2.05, 4.69) is 6.92 Å². The molecular weight excluding hydrogens is 248 g/mol. The predicted molar refractivity (Wildman–Crippen MR) is 82.7 cm³/mol. The van der Waals surface area contributed by atoms with Gasteiger partial charge < -0.3 is 4.74 Å². The minimum Gasteiger partial charge on any atom is -0.370 e. The molecule has 1 unspecified atom stereocenters. The van der Waals surface area contributed by atoms with Crippen LogP contribution in [0.4, 0.5) is 0 Å². The molecule has 0 aromatic carbocycles. The van der Waals surface area contributed by atoms with Crippen LogP contribution in [0, 0.1) is 17.8 Å². The van der Waals surface area contributed by atoms with Crippen molar-refractivity contribution in [2.45, 2.75) is 84.2 Å². The second-order valence-corrected chi connectivity index (χ2v) is 6.80. The average molecular weight is 280 g/mol. The van der Waals surface area contributed by atoms with Gasteiger partial charge in [-0.1, -0.05) is 32.6 Å². The van der Waals surface area contributed by atoms with E-state index in [0.29, 0.717) is 18.3 Å². The van der Waals surface area contributed by atoms with Gasteiger partial charge in [0.15, 0.2) is 5.78 Å². The van der Waals surface area contributed by atoms with Crippen LogP contribution in [0.5, 0.6) is 0 Å². The van der Waals surface area contributed by atoms with Gasteiger partial charge >= 0.3 is 0 Å². The van der Waals surface area contributed by atoms with Crippen LogP contribution >= 0.6 is 0 Å². The van der Waals surface area contributed by atoms with Gasteiger partial charge in [0.25, 0.3) is 0 Å². The first-order valence-corrected chi connectivity index (χ1v) is 8.91. The third-order valence-electron chi connectivity index (χ3n) is 5.53. The maximum Gasteiger partial charge on any atom is 0.164 e. The fourth-order valence-electron chi connectivity index (χ4n) is 4.15. The summed E-state index contributed by atoms with van der Waals surface area (Å²) in [6.07, 6.45) is 12.2. The first-order valence-electron chi connectivity index (χ1n) is 8.91. The van der Waals surface area contributed by atoms with Gasteiger partial charge in [0.1, 0.15) is 6.10 Å². The number of rotatable bonds is 6. The Kier molecular flexibility index (Phi) is 6.54. The SMILES string of the molecule is CCOC(C(=O)C1CCC(CC)CC1)C1CCCCC1. The summed E-state index contributed by atoms with van der Waals surface area (Å²) in [6.45, 7) is 4.98. The number of hydrogen-bond donors (Lipinski definition) is 0. The molecule has 2 rings (SSSR count). The lowest BCUT2D eigenvalue weighted by atomic mass is 9.74. The Morgan fingerprint density at radius 2 is 1.65 bits per heavy atom. The normalized spacial score (nSPS) is 30.1. The van der Waals surface area contributed by atoms with Crippen LogP contribution in [0.25, 0.3) is 0 Å². The van der Waals surface area contributed by atoms with Crippen LogP contribution in [-0.4, -0.2) is 18.5 Å². The van der Waals surface area contributed by atoms with Gasteiger partial charge in [-0.15, -0.1) is 0 Å². The molecule has 0 heterocycles. The monoisotopic (exact) mass is 280 g/mol. The number of Topliss-reactive ketones (excluding diaryl/α,β-unsaturated/α-hetero) is 1. The van der Waals surface area contributed by atoms with Crippen molar-refractivity contribution >= 4 is 5.78 Å². The first-order chi connectivity index (χ1) is 9.76. The summed E-state index contributed by atoms with van der Waals surface area (Å²) in [4.78, 5) is 12.9. The van der Waals surface area contributed by atoms with Crippen LogP contribution < -0.4 is 0 Å². The molecule has 2 heteroatoms. The van der Waals surface area contributed by atoms with Crippen LogP contribution in [0.3, 0.4) is 0 Å². The van der Waals surface area contributed by atoms with Gasteiger partial charge in [0.2, 0.25) is 0 Å². The van der Waals surface area contributed by atoms with Crippen LogP contribution in [-0.2, 0) is 9.53 Å². The molecule has 2 aliphatic carbocycles. The Balaban J connectivity index is 1.92. The standard InChI is InChI=1S/C18H32O2/c1-3-14-10-12-15(13-11-14)17(19)18(20-4-2)16-8-6-5-7-9-16/h14-16,18H,3-13H2,1-2H3. The second kappa shape index (κ2) is 8.17. The largest absolute Gasteiger partial charge is 0.370 e. The van der Waals surface area contributed by atoms with Crippen LogP contribution in [0.2, 0.25) is 0 Å². The summed E-state index contributed by atoms with van der Waals surface area (Å²) >= 11 is 0. The van der Waals surface area contributed by atoms with E-state index in [1.54, 1.807) is 0 Å². The van der Waals surface area contributed by atoms with E-state index < -0.39 is 0 Å². The zero-order valence-electron chi connectivity index (χ0n) is 13.4. The highest BCUT2D eigenvalue weighted by Crippen LogP contribution is 2.35. The van der Waals surface area contributed by atoms with E-state index in [1.807, 2.05) is 6.92 Å². The van der Waals surface area contributed by atoms with Crippen molar-refractivity contribution in [3.05, 3.63) is 0 Å². The maximum atomic E-state index is 12.9. The smallest absolute Gasteiger partial charge is 0.164 e. The van der Waals surface area contributed by atoms with Crippen molar-refractivity contribution in [3.8, 4) is 0 Å². The highest BCUT2D eigenvalue weighted by Gasteiger charge is 2.35. The Bertz CT molecular complexity index is 286. The maximum absolute atomic E-state index is 12.9. The van der Waals surface area contributed by atoms with E-state index in [9.17, 15) is 4.79 Å². The number of ether oxygens (including phenoxy) is 1. The molecule has 0 radical (unpaired) electrons. The molecule has 0 N–H and O–H groups in total. The van der Waals surface area contributed by atoms with Crippen molar-refractivity contribution in [3.63, 3.8) is 0 Å². The van der Waals surface area contributed by atoms with E-state index in [4.69, 9.17) is 4.74 Å². The fourth-order valence-corrected chi connectivity index (χ4v) is 4.15. The molecule has 0 aliphatic heterocycles. The first kappa shape index (κ1) is 16.0. The van der Waals surface area contributed by atoms with E-state index >= 15 is 0 Å². The van der Waals surface area contributed by atoms with Gasteiger partial charge in [-0.3, -0.25) is 4.79 Å². The highest BCUT2D eigenvalue weighted by molar-refractivity contribution is 5.85. The highest BCUT2D eigenvalue weighted by atomic mass is 16.5. The van der Waals surface area contributed by atoms with Crippen LogP contribution in [0.1, 0.15) is 78.1 Å². The number of carbonyl (C=O) groups is 1. The van der Waals surface area contributed by atoms with Gasteiger partial charge in [0.05, 0.1) is 0 Å². The molecule has 2 saturated carbocycles. The lowest BCUT2D eigenvalue weighted by Crippen LogP contribution is -2.39. The lowest BCUT2D eigenvalue weighted by molar-refractivity contribution is -0.140. The van der Waals surface area contributed by atoms with E-state index in [1.165, 1.54) is 51.4 Å². The van der Waals surface area contributed by atoms with Crippen molar-refractivity contribution in [2.75, 3.05) is 6.61 Å². The molecule has 0 aromatic heterocycles. The Hall–Kier alpha value is -0.370. The molecule has 20 heavy (non-hydrogen) atoms. The zero-order valence-corrected chi connectivity index (χ0v) is 13.4. The Morgan fingerprint density at radius 3 is 2.20 bits per heavy atom.